The lowest BCUT2D eigenvalue weighted by Gasteiger charge is -2.01. The predicted molar refractivity (Wildman–Crippen MR) is 59.3 cm³/mol. The summed E-state index contributed by atoms with van der Waals surface area (Å²) >= 11 is 2.17. The van der Waals surface area contributed by atoms with Crippen molar-refractivity contribution in [3.05, 3.63) is 46.1 Å². The maximum Gasteiger partial charge on any atom is 0.0772 e. The maximum absolute atomic E-state index is 5.37. The van der Waals surface area contributed by atoms with Crippen LogP contribution < -0.4 is 0 Å². The normalized spacial score (nSPS) is 9.75. The minimum atomic E-state index is 0.634. The lowest BCUT2D eigenvalue weighted by Crippen LogP contribution is -1.93. The van der Waals surface area contributed by atoms with E-state index in [0.717, 1.165) is 3.58 Å². The molecule has 0 unspecified atom stereocenters. The van der Waals surface area contributed by atoms with Crippen LogP contribution in [0.5, 0.6) is 0 Å². The molecule has 12 heavy (non-hydrogen) atoms. The molecule has 2 heteroatoms. The molecule has 0 atom stereocenters. The van der Waals surface area contributed by atoms with E-state index in [9.17, 15) is 0 Å². The van der Waals surface area contributed by atoms with Gasteiger partial charge >= 0.3 is 0 Å². The Morgan fingerprint density at radius 2 is 2.00 bits per heavy atom. The molecule has 0 saturated heterocycles. The van der Waals surface area contributed by atoms with Crippen LogP contribution in [0, 0.1) is 0 Å². The monoisotopic (exact) mass is 274 g/mol. The van der Waals surface area contributed by atoms with E-state index in [-0.39, 0.29) is 0 Å². The second kappa shape index (κ2) is 5.32. The quantitative estimate of drug-likeness (QED) is 0.766. The zero-order valence-corrected chi connectivity index (χ0v) is 8.95. The molecule has 0 aliphatic heterocycles. The van der Waals surface area contributed by atoms with Gasteiger partial charge in [0.15, 0.2) is 0 Å². The van der Waals surface area contributed by atoms with Crippen molar-refractivity contribution in [1.82, 2.24) is 0 Å². The smallest absolute Gasteiger partial charge is 0.0772 e. The fraction of sp³-hybridized carbons (Fsp3) is 0.200. The van der Waals surface area contributed by atoms with E-state index in [1.807, 2.05) is 18.2 Å². The number of halogens is 1. The minimum Gasteiger partial charge on any atom is -0.372 e. The van der Waals surface area contributed by atoms with Gasteiger partial charge in [-0.15, -0.1) is 0 Å². The Morgan fingerprint density at radius 1 is 1.33 bits per heavy atom. The van der Waals surface area contributed by atoms with Gasteiger partial charge < -0.3 is 4.74 Å². The van der Waals surface area contributed by atoms with Crippen LogP contribution in [0.15, 0.2) is 40.5 Å². The van der Waals surface area contributed by atoms with Gasteiger partial charge in [-0.25, -0.2) is 0 Å². The van der Waals surface area contributed by atoms with E-state index in [0.29, 0.717) is 13.2 Å². The second-order valence-corrected chi connectivity index (χ2v) is 4.02. The first kappa shape index (κ1) is 9.74. The average molecular weight is 274 g/mol. The molecule has 0 heterocycles. The van der Waals surface area contributed by atoms with Crippen LogP contribution >= 0.6 is 22.6 Å². The molecule has 0 aliphatic carbocycles. The average Bonchev–Trinajstić information content (AvgIpc) is 2.05. The van der Waals surface area contributed by atoms with Crippen LogP contribution in [0.1, 0.15) is 5.56 Å². The standard InChI is InChI=1S/C10H11IO/c1-9(11)7-12-8-10-5-3-2-4-6-10/h2-6H,1,7-8H2. The van der Waals surface area contributed by atoms with Crippen molar-refractivity contribution in [2.75, 3.05) is 6.61 Å². The number of hydrogen-bond donors (Lipinski definition) is 0. The van der Waals surface area contributed by atoms with Crippen LogP contribution in [0.4, 0.5) is 0 Å². The van der Waals surface area contributed by atoms with E-state index < -0.39 is 0 Å². The fourth-order valence-corrected chi connectivity index (χ4v) is 1.07. The molecule has 0 aliphatic rings. The Morgan fingerprint density at radius 3 is 2.58 bits per heavy atom. The van der Waals surface area contributed by atoms with E-state index in [1.54, 1.807) is 0 Å². The molecular weight excluding hydrogens is 263 g/mol. The summed E-state index contributed by atoms with van der Waals surface area (Å²) < 4.78 is 6.41. The number of rotatable bonds is 4. The third-order valence-corrected chi connectivity index (χ3v) is 1.68. The first-order chi connectivity index (χ1) is 5.79. The lowest BCUT2D eigenvalue weighted by molar-refractivity contribution is 0.148. The maximum atomic E-state index is 5.37. The molecular formula is C10H11IO. The Balaban J connectivity index is 2.29. The minimum absolute atomic E-state index is 0.634. The van der Waals surface area contributed by atoms with Crippen molar-refractivity contribution in [3.8, 4) is 0 Å². The largest absolute Gasteiger partial charge is 0.372 e. The summed E-state index contributed by atoms with van der Waals surface area (Å²) in [5.74, 6) is 0. The molecule has 64 valence electrons. The van der Waals surface area contributed by atoms with Gasteiger partial charge in [-0.3, -0.25) is 0 Å². The third-order valence-electron chi connectivity index (χ3n) is 1.37. The Kier molecular flexibility index (Phi) is 4.32. The molecule has 0 aromatic heterocycles. The zero-order valence-electron chi connectivity index (χ0n) is 6.79. The summed E-state index contributed by atoms with van der Waals surface area (Å²) in [5.41, 5.74) is 1.20. The summed E-state index contributed by atoms with van der Waals surface area (Å²) in [5, 5.41) is 0. The first-order valence-electron chi connectivity index (χ1n) is 3.74. The van der Waals surface area contributed by atoms with Crippen molar-refractivity contribution in [3.63, 3.8) is 0 Å². The summed E-state index contributed by atoms with van der Waals surface area (Å²) in [7, 11) is 0. The van der Waals surface area contributed by atoms with Crippen molar-refractivity contribution in [1.29, 1.82) is 0 Å². The van der Waals surface area contributed by atoms with Crippen LogP contribution in [-0.4, -0.2) is 6.61 Å². The molecule has 0 saturated carbocycles. The van der Waals surface area contributed by atoms with Crippen LogP contribution in [0.25, 0.3) is 0 Å². The molecule has 1 nitrogen and oxygen atoms in total. The zero-order chi connectivity index (χ0) is 8.81. The predicted octanol–water partition coefficient (Wildman–Crippen LogP) is 3.15. The molecule has 0 N–H and O–H groups in total. The molecule has 1 rings (SSSR count). The van der Waals surface area contributed by atoms with E-state index >= 15 is 0 Å². The van der Waals surface area contributed by atoms with Gasteiger partial charge in [0.05, 0.1) is 13.2 Å². The van der Waals surface area contributed by atoms with Crippen molar-refractivity contribution in [2.24, 2.45) is 0 Å². The molecule has 0 radical (unpaired) electrons. The van der Waals surface area contributed by atoms with Gasteiger partial charge in [-0.1, -0.05) is 36.9 Å². The van der Waals surface area contributed by atoms with E-state index in [1.165, 1.54) is 5.56 Å². The van der Waals surface area contributed by atoms with Crippen molar-refractivity contribution < 1.29 is 4.74 Å². The number of benzene rings is 1. The lowest BCUT2D eigenvalue weighted by atomic mass is 10.2. The first-order valence-corrected chi connectivity index (χ1v) is 4.82. The number of ether oxygens (including phenoxy) is 1. The van der Waals surface area contributed by atoms with Crippen LogP contribution in [0.3, 0.4) is 0 Å². The Hall–Kier alpha value is -0.350. The molecule has 0 bridgehead atoms. The van der Waals surface area contributed by atoms with Crippen LogP contribution in [-0.2, 0) is 11.3 Å². The number of hydrogen-bond acceptors (Lipinski definition) is 1. The van der Waals surface area contributed by atoms with Gasteiger partial charge in [0.1, 0.15) is 0 Å². The highest BCUT2D eigenvalue weighted by Crippen LogP contribution is 2.05. The molecule has 0 spiro atoms. The van der Waals surface area contributed by atoms with Gasteiger partial charge in [0.2, 0.25) is 0 Å². The van der Waals surface area contributed by atoms with Gasteiger partial charge in [0.25, 0.3) is 0 Å². The van der Waals surface area contributed by atoms with E-state index in [2.05, 4.69) is 41.3 Å². The Bertz CT molecular complexity index is 243. The van der Waals surface area contributed by atoms with Crippen molar-refractivity contribution >= 4 is 22.6 Å². The molecule has 0 fully saturated rings. The van der Waals surface area contributed by atoms with E-state index in [4.69, 9.17) is 4.74 Å². The highest BCUT2D eigenvalue weighted by molar-refractivity contribution is 14.1. The van der Waals surface area contributed by atoms with Gasteiger partial charge in [-0.05, 0) is 28.2 Å². The molecule has 1 aromatic carbocycles. The molecule has 1 aromatic rings. The van der Waals surface area contributed by atoms with Crippen LogP contribution in [0.2, 0.25) is 0 Å². The highest BCUT2D eigenvalue weighted by atomic mass is 127. The SMILES string of the molecule is C=C(I)COCc1ccccc1. The highest BCUT2D eigenvalue weighted by Gasteiger charge is 1.91. The van der Waals surface area contributed by atoms with Gasteiger partial charge in [0, 0.05) is 3.58 Å². The van der Waals surface area contributed by atoms with Crippen molar-refractivity contribution in [2.45, 2.75) is 6.61 Å². The topological polar surface area (TPSA) is 9.23 Å². The third kappa shape index (κ3) is 3.88. The fourth-order valence-electron chi connectivity index (χ4n) is 0.854. The molecule has 0 amide bonds. The van der Waals surface area contributed by atoms with Gasteiger partial charge in [-0.2, -0.15) is 0 Å². The second-order valence-electron chi connectivity index (χ2n) is 2.50. The summed E-state index contributed by atoms with van der Waals surface area (Å²) in [6.45, 7) is 5.05. The Labute approximate surface area is 86.6 Å². The summed E-state index contributed by atoms with van der Waals surface area (Å²) in [6, 6.07) is 10.1. The summed E-state index contributed by atoms with van der Waals surface area (Å²) in [4.78, 5) is 0. The summed E-state index contributed by atoms with van der Waals surface area (Å²) in [6.07, 6.45) is 0.